The molecule has 1 aliphatic heterocycles. The number of rotatable bonds is 5. The summed E-state index contributed by atoms with van der Waals surface area (Å²) in [5.74, 6) is -1.75. The molecule has 1 saturated heterocycles. The molecule has 1 aliphatic rings. The lowest BCUT2D eigenvalue weighted by Gasteiger charge is -2.24. The number of pyridine rings is 1. The highest BCUT2D eigenvalue weighted by Gasteiger charge is 2.51. The first-order valence-electron chi connectivity index (χ1n) is 8.48. The Morgan fingerprint density at radius 3 is 2.41 bits per heavy atom. The molecule has 0 N–H and O–H groups in total. The minimum absolute atomic E-state index is 0.205. The molecule has 1 fully saturated rings. The Hall–Kier alpha value is -2.24. The highest BCUT2D eigenvalue weighted by atomic mass is 79.9. The van der Waals surface area contributed by atoms with Gasteiger partial charge in [0.1, 0.15) is 18.2 Å². The van der Waals surface area contributed by atoms with Gasteiger partial charge in [0.15, 0.2) is 24.1 Å². The summed E-state index contributed by atoms with van der Waals surface area (Å²) in [4.78, 5) is 43.0. The second-order valence-corrected chi connectivity index (χ2v) is 7.49. The standard InChI is InChI=1S/C17H17BrClN3O7/c1-7(23)26-5-11-14(27-8(2)24)15(28-9(3)25)17(29-11)22-6-21-16-13(22)12(19)10(18)4-20-16/h4,6,11,14-15,17H,5H2,1-3H3/t11-,14-,15-,17-/m1/s1. The lowest BCUT2D eigenvalue weighted by molar-refractivity contribution is -0.166. The van der Waals surface area contributed by atoms with Crippen molar-refractivity contribution in [3.63, 3.8) is 0 Å². The van der Waals surface area contributed by atoms with Crippen molar-refractivity contribution in [3.8, 4) is 0 Å². The van der Waals surface area contributed by atoms with E-state index in [9.17, 15) is 14.4 Å². The van der Waals surface area contributed by atoms with E-state index in [-0.39, 0.29) is 6.61 Å². The molecule has 2 aromatic heterocycles. The van der Waals surface area contributed by atoms with Crippen molar-refractivity contribution in [2.24, 2.45) is 0 Å². The van der Waals surface area contributed by atoms with E-state index in [0.29, 0.717) is 20.7 Å². The molecule has 0 aromatic carbocycles. The average molecular weight is 491 g/mol. The lowest BCUT2D eigenvalue weighted by Crippen LogP contribution is -2.40. The van der Waals surface area contributed by atoms with Gasteiger partial charge < -0.3 is 18.9 Å². The lowest BCUT2D eigenvalue weighted by atomic mass is 10.1. The zero-order valence-electron chi connectivity index (χ0n) is 15.6. The molecule has 0 unspecified atom stereocenters. The normalized spacial score (nSPS) is 23.8. The zero-order valence-corrected chi connectivity index (χ0v) is 18.0. The van der Waals surface area contributed by atoms with Crippen molar-refractivity contribution in [3.05, 3.63) is 22.0 Å². The topological polar surface area (TPSA) is 119 Å². The SMILES string of the molecule is CC(=O)OC[C@H]1O[C@@H](n2cnc3ncc(Br)c(Cl)c32)[C@H](OC(C)=O)[C@@H]1OC(C)=O. The average Bonchev–Trinajstić information content (AvgIpc) is 3.18. The predicted octanol–water partition coefficient (Wildman–Crippen LogP) is 2.17. The summed E-state index contributed by atoms with van der Waals surface area (Å²) in [6.07, 6.45) is -0.958. The third kappa shape index (κ3) is 4.51. The molecule has 0 amide bonds. The minimum atomic E-state index is -1.04. The number of hydrogen-bond donors (Lipinski definition) is 0. The van der Waals surface area contributed by atoms with E-state index in [2.05, 4.69) is 25.9 Å². The van der Waals surface area contributed by atoms with Crippen molar-refractivity contribution in [2.45, 2.75) is 45.3 Å². The van der Waals surface area contributed by atoms with E-state index in [1.165, 1.54) is 37.9 Å². The van der Waals surface area contributed by atoms with Crippen LogP contribution in [0.1, 0.15) is 27.0 Å². The van der Waals surface area contributed by atoms with Gasteiger partial charge in [-0.2, -0.15) is 0 Å². The fourth-order valence-corrected chi connectivity index (χ4v) is 3.58. The number of ether oxygens (including phenoxy) is 4. The summed E-state index contributed by atoms with van der Waals surface area (Å²) in [5.41, 5.74) is 0.772. The van der Waals surface area contributed by atoms with Crippen LogP contribution in [0.15, 0.2) is 17.0 Å². The molecule has 29 heavy (non-hydrogen) atoms. The first kappa shape index (κ1) is 21.5. The fourth-order valence-electron chi connectivity index (χ4n) is 3.05. The Bertz CT molecular complexity index is 966. The number of nitrogens with zero attached hydrogens (tertiary/aromatic N) is 3. The molecule has 156 valence electrons. The molecule has 0 spiro atoms. The third-order valence-corrected chi connectivity index (χ3v) is 5.32. The zero-order chi connectivity index (χ0) is 21.3. The largest absolute Gasteiger partial charge is 0.463 e. The van der Waals surface area contributed by atoms with E-state index in [0.717, 1.165) is 0 Å². The number of aromatic nitrogens is 3. The van der Waals surface area contributed by atoms with Crippen LogP contribution < -0.4 is 0 Å². The molecule has 2 aromatic rings. The van der Waals surface area contributed by atoms with Crippen molar-refractivity contribution < 1.29 is 33.3 Å². The minimum Gasteiger partial charge on any atom is -0.463 e. The van der Waals surface area contributed by atoms with Crippen molar-refractivity contribution in [1.82, 2.24) is 14.5 Å². The Labute approximate surface area is 178 Å². The van der Waals surface area contributed by atoms with E-state index in [1.54, 1.807) is 0 Å². The van der Waals surface area contributed by atoms with Crippen LogP contribution in [0.4, 0.5) is 0 Å². The third-order valence-electron chi connectivity index (χ3n) is 4.11. The van der Waals surface area contributed by atoms with Gasteiger partial charge >= 0.3 is 17.9 Å². The maximum Gasteiger partial charge on any atom is 0.303 e. The summed E-state index contributed by atoms with van der Waals surface area (Å²) in [6, 6.07) is 0. The van der Waals surface area contributed by atoms with Gasteiger partial charge in [0.25, 0.3) is 0 Å². The quantitative estimate of drug-likeness (QED) is 0.459. The fraction of sp³-hybridized carbons (Fsp3) is 0.471. The van der Waals surface area contributed by atoms with Crippen molar-refractivity contribution >= 4 is 56.6 Å². The summed E-state index contributed by atoms with van der Waals surface area (Å²) >= 11 is 9.71. The number of carbonyl (C=O) groups is 3. The van der Waals surface area contributed by atoms with Crippen molar-refractivity contribution in [1.29, 1.82) is 0 Å². The molecule has 12 heteroatoms. The molecule has 0 radical (unpaired) electrons. The van der Waals surface area contributed by atoms with Crippen LogP contribution >= 0.6 is 27.5 Å². The summed E-state index contributed by atoms with van der Waals surface area (Å²) in [5, 5.41) is 0.324. The predicted molar refractivity (Wildman–Crippen MR) is 102 cm³/mol. The highest BCUT2D eigenvalue weighted by Crippen LogP contribution is 2.38. The Morgan fingerprint density at radius 1 is 1.14 bits per heavy atom. The van der Waals surface area contributed by atoms with E-state index < -0.39 is 42.4 Å². The smallest absolute Gasteiger partial charge is 0.303 e. The molecule has 0 aliphatic carbocycles. The molecular weight excluding hydrogens is 474 g/mol. The van der Waals surface area contributed by atoms with Crippen molar-refractivity contribution in [2.75, 3.05) is 6.61 Å². The Morgan fingerprint density at radius 2 is 1.79 bits per heavy atom. The van der Waals surface area contributed by atoms with E-state index in [4.69, 9.17) is 30.5 Å². The molecule has 3 rings (SSSR count). The summed E-state index contributed by atoms with van der Waals surface area (Å²) in [6.45, 7) is 3.47. The van der Waals surface area contributed by atoms with Gasteiger partial charge in [-0.15, -0.1) is 0 Å². The number of hydrogen-bond acceptors (Lipinski definition) is 9. The first-order chi connectivity index (χ1) is 13.7. The van der Waals surface area contributed by atoms with Gasteiger partial charge in [0, 0.05) is 27.0 Å². The molecule has 0 bridgehead atoms. The summed E-state index contributed by atoms with van der Waals surface area (Å²) < 4.78 is 23.8. The first-order valence-corrected chi connectivity index (χ1v) is 9.66. The second kappa shape index (κ2) is 8.64. The van der Waals surface area contributed by atoms with Crippen LogP contribution in [-0.4, -0.2) is 57.4 Å². The van der Waals surface area contributed by atoms with Crippen LogP contribution in [0.2, 0.25) is 5.02 Å². The van der Waals surface area contributed by atoms with Crippen LogP contribution in [0.5, 0.6) is 0 Å². The Kier molecular flexibility index (Phi) is 6.39. The van der Waals surface area contributed by atoms with Crippen LogP contribution in [0.25, 0.3) is 11.2 Å². The van der Waals surface area contributed by atoms with Gasteiger partial charge in [-0.1, -0.05) is 11.6 Å². The number of halogens is 2. The highest BCUT2D eigenvalue weighted by molar-refractivity contribution is 9.10. The number of esters is 3. The van der Waals surface area contributed by atoms with Gasteiger partial charge in [0.05, 0.1) is 15.8 Å². The number of imidazole rings is 1. The molecule has 10 nitrogen and oxygen atoms in total. The number of carbonyl (C=O) groups excluding carboxylic acids is 3. The van der Waals surface area contributed by atoms with Gasteiger partial charge in [-0.3, -0.25) is 19.0 Å². The number of fused-ring (bicyclic) bond motifs is 1. The van der Waals surface area contributed by atoms with E-state index >= 15 is 0 Å². The van der Waals surface area contributed by atoms with Crippen LogP contribution in [0, 0.1) is 0 Å². The van der Waals surface area contributed by atoms with Crippen LogP contribution in [0.3, 0.4) is 0 Å². The molecule has 3 heterocycles. The van der Waals surface area contributed by atoms with Gasteiger partial charge in [-0.25, -0.2) is 9.97 Å². The maximum absolute atomic E-state index is 11.7. The van der Waals surface area contributed by atoms with Crippen LogP contribution in [-0.2, 0) is 33.3 Å². The van der Waals surface area contributed by atoms with E-state index in [1.807, 2.05) is 0 Å². The molecular formula is C17H17BrClN3O7. The molecule has 4 atom stereocenters. The monoisotopic (exact) mass is 489 g/mol. The van der Waals surface area contributed by atoms with Gasteiger partial charge in [0.2, 0.25) is 0 Å². The summed E-state index contributed by atoms with van der Waals surface area (Å²) in [7, 11) is 0. The van der Waals surface area contributed by atoms with Gasteiger partial charge in [-0.05, 0) is 15.9 Å². The Balaban J connectivity index is 2.05. The molecule has 0 saturated carbocycles. The maximum atomic E-state index is 11.7. The second-order valence-electron chi connectivity index (χ2n) is 6.26.